The molecular weight excluding hydrogens is 294 g/mol. The van der Waals surface area contributed by atoms with E-state index in [1.54, 1.807) is 20.8 Å². The molecule has 0 spiro atoms. The fraction of sp³-hybridized carbons (Fsp3) is 0.556. The highest BCUT2D eigenvalue weighted by Gasteiger charge is 2.65. The molecule has 1 aromatic rings. The first-order valence-electron chi connectivity index (χ1n) is 7.81. The summed E-state index contributed by atoms with van der Waals surface area (Å²) in [6, 6.07) is 9.06. The highest BCUT2D eigenvalue weighted by Crippen LogP contribution is 2.63. The van der Waals surface area contributed by atoms with Gasteiger partial charge in [0.1, 0.15) is 5.60 Å². The van der Waals surface area contributed by atoms with Gasteiger partial charge in [-0.25, -0.2) is 4.79 Å². The lowest BCUT2D eigenvalue weighted by molar-refractivity contribution is -0.139. The fourth-order valence-corrected chi connectivity index (χ4v) is 3.25. The lowest BCUT2D eigenvalue weighted by atomic mass is 9.97. The average Bonchev–Trinajstić information content (AvgIpc) is 2.98. The Hall–Kier alpha value is -2.04. The van der Waals surface area contributed by atoms with Crippen LogP contribution in [0.2, 0.25) is 0 Å². The molecule has 1 aromatic carbocycles. The van der Waals surface area contributed by atoms with E-state index in [0.717, 1.165) is 5.56 Å². The first kappa shape index (κ1) is 17.3. The normalized spacial score (nSPS) is 23.7. The lowest BCUT2D eigenvalue weighted by Gasteiger charge is -2.25. The minimum atomic E-state index is -0.827. The van der Waals surface area contributed by atoms with Crippen LogP contribution in [0.5, 0.6) is 0 Å². The van der Waals surface area contributed by atoms with Gasteiger partial charge in [-0.1, -0.05) is 44.2 Å². The van der Waals surface area contributed by atoms with Gasteiger partial charge in [-0.15, -0.1) is 0 Å². The highest BCUT2D eigenvalue weighted by molar-refractivity contribution is 5.76. The molecule has 0 radical (unpaired) electrons. The van der Waals surface area contributed by atoms with Crippen molar-refractivity contribution >= 4 is 12.1 Å². The smallest absolute Gasteiger partial charge is 0.408 e. The monoisotopic (exact) mass is 319 g/mol. The van der Waals surface area contributed by atoms with Gasteiger partial charge in [0.25, 0.3) is 0 Å². The first-order valence-corrected chi connectivity index (χ1v) is 7.81. The maximum Gasteiger partial charge on any atom is 0.408 e. The first-order chi connectivity index (χ1) is 10.5. The number of alkyl carbamates (subject to hydrolysis) is 1. The number of ether oxygens (including phenoxy) is 1. The van der Waals surface area contributed by atoms with Crippen molar-refractivity contribution in [2.75, 3.05) is 0 Å². The predicted octanol–water partition coefficient (Wildman–Crippen LogP) is 3.61. The summed E-state index contributed by atoms with van der Waals surface area (Å²) in [5.74, 6) is -1.48. The molecule has 126 valence electrons. The Bertz CT molecular complexity index is 589. The van der Waals surface area contributed by atoms with Crippen LogP contribution in [-0.4, -0.2) is 22.8 Å². The molecule has 2 N–H and O–H groups in total. The number of carboxylic acids is 1. The summed E-state index contributed by atoms with van der Waals surface area (Å²) < 4.78 is 5.33. The summed E-state index contributed by atoms with van der Waals surface area (Å²) >= 11 is 0. The highest BCUT2D eigenvalue weighted by atomic mass is 16.6. The second kappa shape index (κ2) is 5.87. The van der Waals surface area contributed by atoms with E-state index < -0.39 is 23.6 Å². The summed E-state index contributed by atoms with van der Waals surface area (Å²) in [5.41, 5.74) is -0.0852. The number of carboxylic acid groups (broad SMARTS) is 1. The molecule has 1 fully saturated rings. The largest absolute Gasteiger partial charge is 0.481 e. The van der Waals surface area contributed by atoms with Crippen LogP contribution in [0.15, 0.2) is 30.3 Å². The maximum absolute atomic E-state index is 12.2. The minimum Gasteiger partial charge on any atom is -0.481 e. The molecule has 23 heavy (non-hydrogen) atoms. The zero-order valence-corrected chi connectivity index (χ0v) is 14.3. The topological polar surface area (TPSA) is 75.6 Å². The van der Waals surface area contributed by atoms with Gasteiger partial charge >= 0.3 is 12.1 Å². The Labute approximate surface area is 137 Å². The fourth-order valence-electron chi connectivity index (χ4n) is 3.25. The van der Waals surface area contributed by atoms with Crippen molar-refractivity contribution in [3.05, 3.63) is 35.9 Å². The van der Waals surface area contributed by atoms with Gasteiger partial charge in [0.05, 0.1) is 12.0 Å². The van der Waals surface area contributed by atoms with Crippen molar-refractivity contribution in [1.29, 1.82) is 0 Å². The number of rotatable bonds is 4. The van der Waals surface area contributed by atoms with Gasteiger partial charge in [-0.05, 0) is 31.7 Å². The summed E-state index contributed by atoms with van der Waals surface area (Å²) in [5, 5.41) is 12.3. The third-order valence-corrected chi connectivity index (χ3v) is 4.37. The third kappa shape index (κ3) is 3.84. The molecule has 0 heterocycles. The Balaban J connectivity index is 2.25. The van der Waals surface area contributed by atoms with Crippen LogP contribution in [0.4, 0.5) is 4.79 Å². The van der Waals surface area contributed by atoms with Gasteiger partial charge in [0.2, 0.25) is 0 Å². The van der Waals surface area contributed by atoms with Crippen LogP contribution in [0.25, 0.3) is 0 Å². The number of nitrogens with one attached hydrogen (secondary N) is 1. The van der Waals surface area contributed by atoms with Crippen LogP contribution >= 0.6 is 0 Å². The number of hydrogen-bond acceptors (Lipinski definition) is 3. The van der Waals surface area contributed by atoms with E-state index in [-0.39, 0.29) is 17.4 Å². The minimum absolute atomic E-state index is 0.171. The zero-order chi connectivity index (χ0) is 17.4. The van der Waals surface area contributed by atoms with E-state index in [2.05, 4.69) is 5.32 Å². The second-order valence-corrected chi connectivity index (χ2v) is 7.70. The molecule has 1 amide bonds. The molecule has 1 unspecified atom stereocenters. The quantitative estimate of drug-likeness (QED) is 0.889. The van der Waals surface area contributed by atoms with Gasteiger partial charge in [0, 0.05) is 5.92 Å². The molecule has 0 aliphatic heterocycles. The Morgan fingerprint density at radius 2 is 1.78 bits per heavy atom. The van der Waals surface area contributed by atoms with Crippen LogP contribution < -0.4 is 5.32 Å². The van der Waals surface area contributed by atoms with Crippen LogP contribution in [-0.2, 0) is 9.53 Å². The third-order valence-electron chi connectivity index (χ3n) is 4.37. The second-order valence-electron chi connectivity index (χ2n) is 7.70. The standard InChI is InChI=1S/C18H25NO4/c1-17(2,3)23-16(22)19-14(11-9-7-6-8-10-11)12-13(15(20)21)18(12,4)5/h6-10,12-14H,1-5H3,(H,19,22)(H,20,21)/t12-,13-,14?/m0/s1. The summed E-state index contributed by atoms with van der Waals surface area (Å²) in [6.45, 7) is 9.23. The van der Waals surface area contributed by atoms with E-state index in [4.69, 9.17) is 4.74 Å². The summed E-state index contributed by atoms with van der Waals surface area (Å²) in [7, 11) is 0. The Morgan fingerprint density at radius 1 is 1.22 bits per heavy atom. The van der Waals surface area contributed by atoms with Crippen molar-refractivity contribution in [1.82, 2.24) is 5.32 Å². The summed E-state index contributed by atoms with van der Waals surface area (Å²) in [4.78, 5) is 23.7. The molecular formula is C18H25NO4. The molecule has 1 aliphatic rings. The van der Waals surface area contributed by atoms with Crippen LogP contribution in [0.3, 0.4) is 0 Å². The zero-order valence-electron chi connectivity index (χ0n) is 14.3. The van der Waals surface area contributed by atoms with Crippen molar-refractivity contribution in [2.45, 2.75) is 46.3 Å². The number of benzene rings is 1. The molecule has 1 saturated carbocycles. The van der Waals surface area contributed by atoms with E-state index >= 15 is 0 Å². The molecule has 0 aromatic heterocycles. The molecule has 0 bridgehead atoms. The molecule has 0 saturated heterocycles. The molecule has 2 rings (SSSR count). The number of aliphatic carboxylic acids is 1. The van der Waals surface area contributed by atoms with Gasteiger partial charge in [-0.3, -0.25) is 4.79 Å². The number of hydrogen-bond donors (Lipinski definition) is 2. The Kier molecular flexibility index (Phi) is 4.42. The van der Waals surface area contributed by atoms with Crippen molar-refractivity contribution in [2.24, 2.45) is 17.3 Å². The van der Waals surface area contributed by atoms with E-state index in [1.807, 2.05) is 44.2 Å². The maximum atomic E-state index is 12.2. The lowest BCUT2D eigenvalue weighted by Crippen LogP contribution is -2.36. The van der Waals surface area contributed by atoms with Gasteiger partial charge in [-0.2, -0.15) is 0 Å². The van der Waals surface area contributed by atoms with Crippen molar-refractivity contribution < 1.29 is 19.4 Å². The van der Waals surface area contributed by atoms with Crippen molar-refractivity contribution in [3.8, 4) is 0 Å². The summed E-state index contributed by atoms with van der Waals surface area (Å²) in [6.07, 6.45) is -0.529. The number of carbonyl (C=O) groups excluding carboxylic acids is 1. The molecule has 1 aliphatic carbocycles. The molecule has 5 heteroatoms. The number of carbonyl (C=O) groups is 2. The molecule has 3 atom stereocenters. The SMILES string of the molecule is CC(C)(C)OC(=O)NC(c1ccccc1)[C@@H]1[C@@H](C(=O)O)C1(C)C. The van der Waals surface area contributed by atoms with Crippen LogP contribution in [0, 0.1) is 17.3 Å². The van der Waals surface area contributed by atoms with Gasteiger partial charge in [0.15, 0.2) is 0 Å². The number of amides is 1. The van der Waals surface area contributed by atoms with Gasteiger partial charge < -0.3 is 15.2 Å². The predicted molar refractivity (Wildman–Crippen MR) is 86.9 cm³/mol. The molecule has 5 nitrogen and oxygen atoms in total. The van der Waals surface area contributed by atoms with E-state index in [9.17, 15) is 14.7 Å². The average molecular weight is 319 g/mol. The van der Waals surface area contributed by atoms with Crippen molar-refractivity contribution in [3.63, 3.8) is 0 Å². The Morgan fingerprint density at radius 3 is 2.22 bits per heavy atom. The van der Waals surface area contributed by atoms with E-state index in [0.29, 0.717) is 0 Å². The van der Waals surface area contributed by atoms with E-state index in [1.165, 1.54) is 0 Å². The van der Waals surface area contributed by atoms with Crippen LogP contribution in [0.1, 0.15) is 46.2 Å².